The van der Waals surface area contributed by atoms with Gasteiger partial charge in [0.15, 0.2) is 0 Å². The van der Waals surface area contributed by atoms with Crippen molar-refractivity contribution in [3.8, 4) is 5.75 Å². The molecule has 1 heterocycles. The SMILES string of the molecule is CN1CCOc2ccc(Cl)cc2C(c2ccccc2)O1. The third-order valence-corrected chi connectivity index (χ3v) is 3.54. The molecule has 104 valence electrons. The summed E-state index contributed by atoms with van der Waals surface area (Å²) in [6.07, 6.45) is -0.213. The second-order valence-electron chi connectivity index (χ2n) is 4.78. The Morgan fingerprint density at radius 1 is 1.15 bits per heavy atom. The number of benzene rings is 2. The van der Waals surface area contributed by atoms with Crippen molar-refractivity contribution >= 4 is 11.6 Å². The predicted molar refractivity (Wildman–Crippen MR) is 78.9 cm³/mol. The van der Waals surface area contributed by atoms with Gasteiger partial charge in [-0.15, -0.1) is 0 Å². The first-order valence-electron chi connectivity index (χ1n) is 6.59. The molecule has 2 aromatic carbocycles. The lowest BCUT2D eigenvalue weighted by molar-refractivity contribution is -0.178. The molecule has 20 heavy (non-hydrogen) atoms. The molecule has 0 amide bonds. The van der Waals surface area contributed by atoms with Crippen LogP contribution in [0.5, 0.6) is 5.75 Å². The number of ether oxygens (including phenoxy) is 1. The van der Waals surface area contributed by atoms with Crippen molar-refractivity contribution in [3.05, 3.63) is 64.7 Å². The lowest BCUT2D eigenvalue weighted by Crippen LogP contribution is -2.29. The summed E-state index contributed by atoms with van der Waals surface area (Å²) >= 11 is 6.14. The minimum atomic E-state index is -0.213. The van der Waals surface area contributed by atoms with Crippen molar-refractivity contribution in [3.63, 3.8) is 0 Å². The molecule has 3 nitrogen and oxygen atoms in total. The van der Waals surface area contributed by atoms with Crippen LogP contribution in [0.1, 0.15) is 17.2 Å². The van der Waals surface area contributed by atoms with E-state index in [4.69, 9.17) is 21.2 Å². The number of likely N-dealkylation sites (N-methyl/N-ethyl adjacent to an activating group) is 1. The maximum atomic E-state index is 6.14. The molecule has 0 aromatic heterocycles. The van der Waals surface area contributed by atoms with Crippen molar-refractivity contribution in [1.82, 2.24) is 5.06 Å². The Hall–Kier alpha value is -1.55. The average molecular weight is 290 g/mol. The van der Waals surface area contributed by atoms with Gasteiger partial charge in [-0.3, -0.25) is 4.84 Å². The van der Waals surface area contributed by atoms with Crippen LogP contribution in [0.2, 0.25) is 5.02 Å². The van der Waals surface area contributed by atoms with Crippen LogP contribution in [0.4, 0.5) is 0 Å². The third-order valence-electron chi connectivity index (χ3n) is 3.31. The van der Waals surface area contributed by atoms with Crippen LogP contribution in [-0.4, -0.2) is 25.3 Å². The number of fused-ring (bicyclic) bond motifs is 1. The van der Waals surface area contributed by atoms with Gasteiger partial charge in [-0.1, -0.05) is 41.9 Å². The topological polar surface area (TPSA) is 21.7 Å². The molecule has 1 unspecified atom stereocenters. The normalized spacial score (nSPS) is 19.6. The van der Waals surface area contributed by atoms with Gasteiger partial charge in [0.05, 0.1) is 6.54 Å². The standard InChI is InChI=1S/C16H16ClNO2/c1-18-9-10-19-15-8-7-13(17)11-14(15)16(20-18)12-5-3-2-4-6-12/h2-8,11,16H,9-10H2,1H3. The third kappa shape index (κ3) is 2.80. The highest BCUT2D eigenvalue weighted by Gasteiger charge is 2.24. The summed E-state index contributed by atoms with van der Waals surface area (Å²) in [5.74, 6) is 0.830. The molecule has 1 aliphatic heterocycles. The van der Waals surface area contributed by atoms with Gasteiger partial charge < -0.3 is 4.74 Å². The summed E-state index contributed by atoms with van der Waals surface area (Å²) in [6, 6.07) is 15.7. The molecule has 4 heteroatoms. The quantitative estimate of drug-likeness (QED) is 0.799. The number of hydrogen-bond donors (Lipinski definition) is 0. The summed E-state index contributed by atoms with van der Waals surface area (Å²) in [6.45, 7) is 1.30. The van der Waals surface area contributed by atoms with E-state index >= 15 is 0 Å². The molecule has 2 aromatic rings. The molecule has 0 fully saturated rings. The van der Waals surface area contributed by atoms with Crippen molar-refractivity contribution in [2.75, 3.05) is 20.2 Å². The molecule has 1 atom stereocenters. The van der Waals surface area contributed by atoms with Gasteiger partial charge in [0.1, 0.15) is 18.5 Å². The maximum Gasteiger partial charge on any atom is 0.133 e. The molecule has 0 radical (unpaired) electrons. The number of hydrogen-bond acceptors (Lipinski definition) is 3. The van der Waals surface area contributed by atoms with E-state index in [0.29, 0.717) is 18.2 Å². The molecular weight excluding hydrogens is 274 g/mol. The molecular formula is C16H16ClNO2. The van der Waals surface area contributed by atoms with E-state index in [1.54, 1.807) is 0 Å². The fraction of sp³-hybridized carbons (Fsp3) is 0.250. The highest BCUT2D eigenvalue weighted by Crippen LogP contribution is 2.36. The summed E-state index contributed by atoms with van der Waals surface area (Å²) < 4.78 is 5.83. The van der Waals surface area contributed by atoms with Gasteiger partial charge in [0.25, 0.3) is 0 Å². The Morgan fingerprint density at radius 3 is 2.75 bits per heavy atom. The molecule has 0 bridgehead atoms. The van der Waals surface area contributed by atoms with Crippen molar-refractivity contribution in [2.24, 2.45) is 0 Å². The van der Waals surface area contributed by atoms with E-state index in [9.17, 15) is 0 Å². The first-order valence-corrected chi connectivity index (χ1v) is 6.97. The molecule has 3 rings (SSSR count). The average Bonchev–Trinajstić information content (AvgIpc) is 2.45. The van der Waals surface area contributed by atoms with E-state index in [-0.39, 0.29) is 6.10 Å². The smallest absolute Gasteiger partial charge is 0.133 e. The minimum Gasteiger partial charge on any atom is -0.492 e. The lowest BCUT2D eigenvalue weighted by atomic mass is 10.0. The summed E-state index contributed by atoms with van der Waals surface area (Å²) in [7, 11) is 1.91. The van der Waals surface area contributed by atoms with Crippen LogP contribution in [0.25, 0.3) is 0 Å². The Labute approximate surface area is 123 Å². The zero-order valence-electron chi connectivity index (χ0n) is 11.3. The largest absolute Gasteiger partial charge is 0.492 e. The summed E-state index contributed by atoms with van der Waals surface area (Å²) in [5, 5.41) is 2.49. The van der Waals surface area contributed by atoms with E-state index in [1.807, 2.05) is 60.6 Å². The van der Waals surface area contributed by atoms with Gasteiger partial charge in [-0.25, -0.2) is 0 Å². The van der Waals surface area contributed by atoms with Gasteiger partial charge in [0, 0.05) is 17.6 Å². The highest BCUT2D eigenvalue weighted by molar-refractivity contribution is 6.30. The van der Waals surface area contributed by atoms with Gasteiger partial charge in [-0.2, -0.15) is 5.06 Å². The molecule has 0 saturated heterocycles. The first-order chi connectivity index (χ1) is 9.74. The van der Waals surface area contributed by atoms with E-state index in [1.165, 1.54) is 0 Å². The van der Waals surface area contributed by atoms with Crippen LogP contribution in [0.3, 0.4) is 0 Å². The van der Waals surface area contributed by atoms with Crippen LogP contribution < -0.4 is 4.74 Å². The predicted octanol–water partition coefficient (Wildman–Crippen LogP) is 3.69. The molecule has 0 spiro atoms. The Bertz CT molecular complexity index is 588. The van der Waals surface area contributed by atoms with Crippen LogP contribution in [0, 0.1) is 0 Å². The molecule has 1 aliphatic rings. The second kappa shape index (κ2) is 5.83. The number of nitrogens with zero attached hydrogens (tertiary/aromatic N) is 1. The van der Waals surface area contributed by atoms with Gasteiger partial charge >= 0.3 is 0 Å². The molecule has 0 N–H and O–H groups in total. The van der Waals surface area contributed by atoms with E-state index in [2.05, 4.69) is 0 Å². The Kier molecular flexibility index (Phi) is 3.92. The van der Waals surface area contributed by atoms with Crippen LogP contribution in [-0.2, 0) is 4.84 Å². The number of halogens is 1. The Morgan fingerprint density at radius 2 is 1.95 bits per heavy atom. The first kappa shape index (κ1) is 13.4. The Balaban J connectivity index is 2.08. The van der Waals surface area contributed by atoms with Gasteiger partial charge in [0.2, 0.25) is 0 Å². The molecule has 0 aliphatic carbocycles. The highest BCUT2D eigenvalue weighted by atomic mass is 35.5. The van der Waals surface area contributed by atoms with Crippen LogP contribution >= 0.6 is 11.6 Å². The second-order valence-corrected chi connectivity index (χ2v) is 5.21. The zero-order chi connectivity index (χ0) is 13.9. The van der Waals surface area contributed by atoms with E-state index < -0.39 is 0 Å². The van der Waals surface area contributed by atoms with Crippen LogP contribution in [0.15, 0.2) is 48.5 Å². The maximum absolute atomic E-state index is 6.14. The zero-order valence-corrected chi connectivity index (χ0v) is 12.0. The number of rotatable bonds is 1. The van der Waals surface area contributed by atoms with Crippen molar-refractivity contribution in [2.45, 2.75) is 6.10 Å². The molecule has 0 saturated carbocycles. The van der Waals surface area contributed by atoms with E-state index in [0.717, 1.165) is 16.9 Å². The monoisotopic (exact) mass is 289 g/mol. The fourth-order valence-electron chi connectivity index (χ4n) is 2.30. The minimum absolute atomic E-state index is 0.213. The number of hydroxylamine groups is 2. The van der Waals surface area contributed by atoms with Gasteiger partial charge in [-0.05, 0) is 23.8 Å². The fourth-order valence-corrected chi connectivity index (χ4v) is 2.48. The lowest BCUT2D eigenvalue weighted by Gasteiger charge is -2.29. The van der Waals surface area contributed by atoms with Crippen molar-refractivity contribution in [1.29, 1.82) is 0 Å². The van der Waals surface area contributed by atoms with Crippen molar-refractivity contribution < 1.29 is 9.57 Å². The summed E-state index contributed by atoms with van der Waals surface area (Å²) in [5.41, 5.74) is 2.03. The summed E-state index contributed by atoms with van der Waals surface area (Å²) in [4.78, 5) is 6.05.